The van der Waals surface area contributed by atoms with Gasteiger partial charge in [0.15, 0.2) is 0 Å². The highest BCUT2D eigenvalue weighted by Gasteiger charge is 2.15. The molecule has 1 atom stereocenters. The zero-order valence-electron chi connectivity index (χ0n) is 16.7. The van der Waals surface area contributed by atoms with Crippen LogP contribution in [0.25, 0.3) is 5.69 Å². The van der Waals surface area contributed by atoms with Crippen molar-refractivity contribution in [1.29, 1.82) is 0 Å². The number of nitro groups is 1. The minimum absolute atomic E-state index is 0.0458. The monoisotopic (exact) mass is 413 g/mol. The van der Waals surface area contributed by atoms with Gasteiger partial charge in [-0.2, -0.15) is 0 Å². The predicted molar refractivity (Wildman–Crippen MR) is 110 cm³/mol. The van der Waals surface area contributed by atoms with Crippen molar-refractivity contribution in [2.75, 3.05) is 13.7 Å². The molecule has 0 aliphatic heterocycles. The van der Waals surface area contributed by atoms with Crippen molar-refractivity contribution >= 4 is 5.69 Å². The van der Waals surface area contributed by atoms with Gasteiger partial charge in [-0.25, -0.2) is 4.79 Å². The van der Waals surface area contributed by atoms with Gasteiger partial charge in [-0.15, -0.1) is 0 Å². The van der Waals surface area contributed by atoms with Gasteiger partial charge in [0, 0.05) is 24.0 Å². The number of methoxy groups -OCH3 is 1. The smallest absolute Gasteiger partial charge is 0.333 e. The van der Waals surface area contributed by atoms with Crippen LogP contribution in [0, 0.1) is 17.0 Å². The molecule has 0 spiro atoms. The van der Waals surface area contributed by atoms with E-state index < -0.39 is 11.0 Å². The van der Waals surface area contributed by atoms with Crippen LogP contribution in [0.2, 0.25) is 0 Å². The predicted octanol–water partition coefficient (Wildman–Crippen LogP) is 2.44. The van der Waals surface area contributed by atoms with Crippen LogP contribution in [0.3, 0.4) is 0 Å². The van der Waals surface area contributed by atoms with Gasteiger partial charge in [0.2, 0.25) is 0 Å². The Labute approximate surface area is 172 Å². The van der Waals surface area contributed by atoms with Gasteiger partial charge in [-0.3, -0.25) is 19.2 Å². The highest BCUT2D eigenvalue weighted by atomic mass is 16.6. The maximum Gasteiger partial charge on any atom is 0.333 e. The third-order valence-electron chi connectivity index (χ3n) is 4.58. The fourth-order valence-electron chi connectivity index (χ4n) is 3.12. The van der Waals surface area contributed by atoms with Crippen LogP contribution in [0.5, 0.6) is 5.75 Å². The number of ether oxygens (including phenoxy) is 2. The Morgan fingerprint density at radius 3 is 2.60 bits per heavy atom. The summed E-state index contributed by atoms with van der Waals surface area (Å²) in [5, 5.41) is 21.3. The molecule has 0 amide bonds. The largest absolute Gasteiger partial charge is 0.497 e. The summed E-state index contributed by atoms with van der Waals surface area (Å²) < 4.78 is 13.4. The van der Waals surface area contributed by atoms with Gasteiger partial charge in [0.25, 0.3) is 5.69 Å². The first-order chi connectivity index (χ1) is 14.4. The number of aromatic nitrogens is 2. The molecular formula is C21H23N3O6. The molecule has 0 saturated heterocycles. The first kappa shape index (κ1) is 21.3. The molecule has 9 heteroatoms. The van der Waals surface area contributed by atoms with Gasteiger partial charge < -0.3 is 14.6 Å². The summed E-state index contributed by atoms with van der Waals surface area (Å²) in [6.45, 7) is 2.15. The molecule has 0 unspecified atom stereocenters. The highest BCUT2D eigenvalue weighted by molar-refractivity contribution is 5.44. The fourth-order valence-corrected chi connectivity index (χ4v) is 3.12. The SMILES string of the molecule is COc1ccc(COC[C@@H](O)Cn2cc(C)n(-c3cccc([N+](=O)[O-])c3)c2=O)cc1. The zero-order chi connectivity index (χ0) is 21.7. The second kappa shape index (κ2) is 9.38. The number of imidazole rings is 1. The summed E-state index contributed by atoms with van der Waals surface area (Å²) in [5.74, 6) is 0.752. The molecule has 0 aliphatic carbocycles. The van der Waals surface area contributed by atoms with E-state index in [1.165, 1.54) is 27.3 Å². The van der Waals surface area contributed by atoms with Crippen molar-refractivity contribution in [2.24, 2.45) is 0 Å². The van der Waals surface area contributed by atoms with E-state index in [2.05, 4.69) is 0 Å². The van der Waals surface area contributed by atoms with Gasteiger partial charge in [0.05, 0.1) is 43.6 Å². The lowest BCUT2D eigenvalue weighted by molar-refractivity contribution is -0.384. The Morgan fingerprint density at radius 2 is 1.93 bits per heavy atom. The van der Waals surface area contributed by atoms with Crippen molar-refractivity contribution in [1.82, 2.24) is 9.13 Å². The lowest BCUT2D eigenvalue weighted by Gasteiger charge is -2.12. The van der Waals surface area contributed by atoms with Crippen molar-refractivity contribution in [3.63, 3.8) is 0 Å². The maximum atomic E-state index is 12.8. The van der Waals surface area contributed by atoms with Gasteiger partial charge in [0.1, 0.15) is 5.75 Å². The standard InChI is InChI=1S/C21H23N3O6/c1-15-11-22(21(26)23(15)17-4-3-5-18(10-17)24(27)28)12-19(25)14-30-13-16-6-8-20(29-2)9-7-16/h3-11,19,25H,12-14H2,1-2H3/t19-/m0/s1. The Balaban J connectivity index is 1.64. The molecule has 1 heterocycles. The number of non-ortho nitro benzene ring substituents is 1. The average Bonchev–Trinajstić information content (AvgIpc) is 3.01. The van der Waals surface area contributed by atoms with E-state index in [1.54, 1.807) is 26.3 Å². The summed E-state index contributed by atoms with van der Waals surface area (Å²) in [5.41, 5.74) is 1.45. The first-order valence-electron chi connectivity index (χ1n) is 9.31. The van der Waals surface area contributed by atoms with E-state index in [1.807, 2.05) is 24.3 Å². The van der Waals surface area contributed by atoms with Crippen LogP contribution < -0.4 is 10.4 Å². The van der Waals surface area contributed by atoms with Gasteiger partial charge >= 0.3 is 5.69 Å². The molecule has 9 nitrogen and oxygen atoms in total. The van der Waals surface area contributed by atoms with Gasteiger partial charge in [-0.05, 0) is 30.7 Å². The van der Waals surface area contributed by atoms with Crippen LogP contribution in [-0.2, 0) is 17.9 Å². The molecule has 2 aromatic carbocycles. The summed E-state index contributed by atoms with van der Waals surface area (Å²) in [6.07, 6.45) is 0.717. The van der Waals surface area contributed by atoms with E-state index in [0.29, 0.717) is 18.0 Å². The second-order valence-electron chi connectivity index (χ2n) is 6.83. The van der Waals surface area contributed by atoms with E-state index >= 15 is 0 Å². The molecule has 158 valence electrons. The first-order valence-corrected chi connectivity index (χ1v) is 9.31. The molecule has 0 radical (unpaired) electrons. The third kappa shape index (κ3) is 4.94. The van der Waals surface area contributed by atoms with E-state index in [0.717, 1.165) is 11.3 Å². The topological polar surface area (TPSA) is 109 Å². The van der Waals surface area contributed by atoms with E-state index in [9.17, 15) is 20.0 Å². The van der Waals surface area contributed by atoms with Gasteiger partial charge in [-0.1, -0.05) is 18.2 Å². The van der Waals surface area contributed by atoms with Crippen molar-refractivity contribution in [2.45, 2.75) is 26.2 Å². The number of rotatable bonds is 9. The number of hydrogen-bond acceptors (Lipinski definition) is 6. The number of benzene rings is 2. The quantitative estimate of drug-likeness (QED) is 0.426. The van der Waals surface area contributed by atoms with Crippen LogP contribution >= 0.6 is 0 Å². The summed E-state index contributed by atoms with van der Waals surface area (Å²) in [4.78, 5) is 23.2. The average molecular weight is 413 g/mol. The molecule has 0 fully saturated rings. The number of aliphatic hydroxyl groups is 1. The molecule has 30 heavy (non-hydrogen) atoms. The third-order valence-corrected chi connectivity index (χ3v) is 4.58. The lowest BCUT2D eigenvalue weighted by Crippen LogP contribution is -2.30. The molecule has 3 aromatic rings. The minimum Gasteiger partial charge on any atom is -0.497 e. The summed E-state index contributed by atoms with van der Waals surface area (Å²) >= 11 is 0. The Morgan fingerprint density at radius 1 is 1.20 bits per heavy atom. The van der Waals surface area contributed by atoms with Crippen LogP contribution in [0.15, 0.2) is 59.5 Å². The Hall–Kier alpha value is -3.43. The van der Waals surface area contributed by atoms with Crippen LogP contribution in [-0.4, -0.2) is 39.0 Å². The molecule has 1 aromatic heterocycles. The van der Waals surface area contributed by atoms with Crippen molar-refractivity contribution in [3.05, 3.63) is 86.6 Å². The van der Waals surface area contributed by atoms with Crippen molar-refractivity contribution < 1.29 is 19.5 Å². The fraction of sp³-hybridized carbons (Fsp3) is 0.286. The number of aryl methyl sites for hydroxylation is 1. The number of aliphatic hydroxyl groups excluding tert-OH is 1. The van der Waals surface area contributed by atoms with E-state index in [-0.39, 0.29) is 24.5 Å². The maximum absolute atomic E-state index is 12.8. The summed E-state index contributed by atoms with van der Waals surface area (Å²) in [7, 11) is 1.60. The normalized spacial score (nSPS) is 12.0. The van der Waals surface area contributed by atoms with Crippen molar-refractivity contribution in [3.8, 4) is 11.4 Å². The number of hydrogen-bond donors (Lipinski definition) is 1. The van der Waals surface area contributed by atoms with Crippen LogP contribution in [0.4, 0.5) is 5.69 Å². The molecule has 3 rings (SSSR count). The Kier molecular flexibility index (Phi) is 6.65. The molecule has 0 bridgehead atoms. The summed E-state index contributed by atoms with van der Waals surface area (Å²) in [6, 6.07) is 13.3. The zero-order valence-corrected chi connectivity index (χ0v) is 16.7. The lowest BCUT2D eigenvalue weighted by atomic mass is 10.2. The number of nitro benzene ring substituents is 1. The molecule has 0 aliphatic rings. The Bertz CT molecular complexity index is 1070. The molecule has 0 saturated carbocycles. The van der Waals surface area contributed by atoms with Crippen LogP contribution in [0.1, 0.15) is 11.3 Å². The highest BCUT2D eigenvalue weighted by Crippen LogP contribution is 2.17. The number of nitrogens with zero attached hydrogens (tertiary/aromatic N) is 3. The minimum atomic E-state index is -0.888. The second-order valence-corrected chi connectivity index (χ2v) is 6.83. The van der Waals surface area contributed by atoms with E-state index in [4.69, 9.17) is 9.47 Å². The molecule has 1 N–H and O–H groups in total. The molecular weight excluding hydrogens is 390 g/mol.